The molecule has 0 N–H and O–H groups in total. The minimum Gasteiger partial charge on any atom is -0.241 e. The predicted octanol–water partition coefficient (Wildman–Crippen LogP) is 3.19. The Morgan fingerprint density at radius 1 is 1.25 bits per heavy atom. The fraction of sp³-hybridized carbons (Fsp3) is 0.714. The molecule has 0 rings (SSSR count). The Morgan fingerprint density at radius 2 is 1.75 bits per heavy atom. The number of rotatable bonds is 5. The van der Waals surface area contributed by atoms with E-state index in [9.17, 15) is 22.0 Å². The highest BCUT2D eigenvalue weighted by Gasteiger charge is 2.41. The molecule has 0 aliphatic carbocycles. The van der Waals surface area contributed by atoms with Gasteiger partial charge in [-0.3, -0.25) is 0 Å². The molecule has 0 aromatic heterocycles. The van der Waals surface area contributed by atoms with Crippen molar-refractivity contribution >= 4 is 0 Å². The van der Waals surface area contributed by atoms with Crippen LogP contribution >= 0.6 is 0 Å². The van der Waals surface area contributed by atoms with Crippen LogP contribution in [0.25, 0.3) is 0 Å². The van der Waals surface area contributed by atoms with E-state index in [-0.39, 0.29) is 0 Å². The minimum atomic E-state index is -3.96. The van der Waals surface area contributed by atoms with E-state index in [1.54, 1.807) is 0 Å². The Hall–Kier alpha value is -0.610. The fourth-order valence-corrected chi connectivity index (χ4v) is 0.652. The van der Waals surface area contributed by atoms with E-state index >= 15 is 0 Å². The van der Waals surface area contributed by atoms with Crippen molar-refractivity contribution < 1.29 is 22.0 Å². The van der Waals surface area contributed by atoms with Crippen molar-refractivity contribution in [1.82, 2.24) is 0 Å². The molecule has 1 atom stereocenters. The average molecular weight is 188 g/mol. The van der Waals surface area contributed by atoms with Crippen molar-refractivity contribution in [2.24, 2.45) is 0 Å². The molecule has 0 aromatic rings. The first-order valence-electron chi connectivity index (χ1n) is 3.31. The molecule has 5 heteroatoms. The number of hydrogen-bond donors (Lipinski definition) is 0. The zero-order valence-electron chi connectivity index (χ0n) is 6.24. The summed E-state index contributed by atoms with van der Waals surface area (Å²) >= 11 is 0. The van der Waals surface area contributed by atoms with Crippen LogP contribution < -0.4 is 0 Å². The Balaban J connectivity index is 4.07. The topological polar surface area (TPSA) is 0 Å². The van der Waals surface area contributed by atoms with Gasteiger partial charge in [-0.1, -0.05) is 6.08 Å². The fourth-order valence-electron chi connectivity index (χ4n) is 0.652. The lowest BCUT2D eigenvalue weighted by Crippen LogP contribution is -2.31. The van der Waals surface area contributed by atoms with Crippen LogP contribution in [0.15, 0.2) is 12.7 Å². The molecule has 0 aromatic carbocycles. The van der Waals surface area contributed by atoms with Crippen molar-refractivity contribution in [2.45, 2.75) is 31.4 Å². The third kappa shape index (κ3) is 3.69. The van der Waals surface area contributed by atoms with Gasteiger partial charge in [-0.25, -0.2) is 22.0 Å². The molecule has 0 nitrogen and oxygen atoms in total. The molecule has 0 heterocycles. The number of halogens is 5. The second-order valence-electron chi connectivity index (χ2n) is 2.35. The first-order valence-corrected chi connectivity index (χ1v) is 3.31. The third-order valence-corrected chi connectivity index (χ3v) is 1.26. The first kappa shape index (κ1) is 11.4. The molecule has 0 bridgehead atoms. The second kappa shape index (κ2) is 4.42. The van der Waals surface area contributed by atoms with Gasteiger partial charge in [-0.2, -0.15) is 0 Å². The van der Waals surface area contributed by atoms with Gasteiger partial charge in [0.2, 0.25) is 6.43 Å². The van der Waals surface area contributed by atoms with Crippen LogP contribution in [0.5, 0.6) is 0 Å². The summed E-state index contributed by atoms with van der Waals surface area (Å²) in [6.07, 6.45) is -7.17. The lowest BCUT2D eigenvalue weighted by atomic mass is 10.1. The summed E-state index contributed by atoms with van der Waals surface area (Å²) in [5, 5.41) is 0. The second-order valence-corrected chi connectivity index (χ2v) is 2.35. The summed E-state index contributed by atoms with van der Waals surface area (Å²) in [4.78, 5) is 0. The van der Waals surface area contributed by atoms with Crippen molar-refractivity contribution in [3.8, 4) is 0 Å². The summed E-state index contributed by atoms with van der Waals surface area (Å²) in [6, 6.07) is 0. The Kier molecular flexibility index (Phi) is 4.20. The minimum absolute atomic E-state index is 0.611. The van der Waals surface area contributed by atoms with Gasteiger partial charge < -0.3 is 0 Å². The van der Waals surface area contributed by atoms with Crippen molar-refractivity contribution in [1.29, 1.82) is 0 Å². The molecule has 0 saturated carbocycles. The number of alkyl halides is 5. The van der Waals surface area contributed by atoms with Crippen LogP contribution in [0.4, 0.5) is 22.0 Å². The van der Waals surface area contributed by atoms with Crippen molar-refractivity contribution in [3.63, 3.8) is 0 Å². The SMILES string of the molecule is C=CCC(F)C(F)(F)CC(F)F. The van der Waals surface area contributed by atoms with Gasteiger partial charge in [0.25, 0.3) is 5.92 Å². The third-order valence-electron chi connectivity index (χ3n) is 1.26. The summed E-state index contributed by atoms with van der Waals surface area (Å²) in [7, 11) is 0. The van der Waals surface area contributed by atoms with E-state index in [2.05, 4.69) is 6.58 Å². The summed E-state index contributed by atoms with van der Waals surface area (Å²) in [5.41, 5.74) is 0. The number of hydrogen-bond acceptors (Lipinski definition) is 0. The van der Waals surface area contributed by atoms with E-state index in [0.29, 0.717) is 0 Å². The largest absolute Gasteiger partial charge is 0.284 e. The molecule has 72 valence electrons. The zero-order valence-corrected chi connectivity index (χ0v) is 6.24. The molecule has 12 heavy (non-hydrogen) atoms. The van der Waals surface area contributed by atoms with Crippen LogP contribution in [-0.4, -0.2) is 18.5 Å². The molecule has 0 aliphatic rings. The maximum absolute atomic E-state index is 12.4. The zero-order chi connectivity index (χ0) is 9.78. The lowest BCUT2D eigenvalue weighted by Gasteiger charge is -2.18. The normalized spacial score (nSPS) is 14.8. The summed E-state index contributed by atoms with van der Waals surface area (Å²) in [6.45, 7) is 3.03. The molecular weight excluding hydrogens is 179 g/mol. The molecule has 0 fully saturated rings. The van der Waals surface area contributed by atoms with Gasteiger partial charge in [0.05, 0.1) is 6.42 Å². The molecule has 1 unspecified atom stereocenters. The maximum atomic E-state index is 12.4. The highest BCUT2D eigenvalue weighted by molar-refractivity contribution is 4.83. The quantitative estimate of drug-likeness (QED) is 0.459. The average Bonchev–Trinajstić information content (AvgIpc) is 1.85. The van der Waals surface area contributed by atoms with E-state index in [0.717, 1.165) is 6.08 Å². The molecule has 0 saturated heterocycles. The van der Waals surface area contributed by atoms with Crippen LogP contribution in [0, 0.1) is 0 Å². The Labute approximate surface area is 67.1 Å². The molecule has 0 amide bonds. The van der Waals surface area contributed by atoms with E-state index in [4.69, 9.17) is 0 Å². The van der Waals surface area contributed by atoms with Crippen LogP contribution in [-0.2, 0) is 0 Å². The molecule has 0 radical (unpaired) electrons. The lowest BCUT2D eigenvalue weighted by molar-refractivity contribution is -0.106. The maximum Gasteiger partial charge on any atom is 0.284 e. The Morgan fingerprint density at radius 3 is 2.08 bits per heavy atom. The van der Waals surface area contributed by atoms with E-state index in [1.165, 1.54) is 0 Å². The highest BCUT2D eigenvalue weighted by atomic mass is 19.3. The first-order chi connectivity index (χ1) is 5.40. The van der Waals surface area contributed by atoms with Gasteiger partial charge in [-0.15, -0.1) is 6.58 Å². The van der Waals surface area contributed by atoms with Gasteiger partial charge in [0.1, 0.15) is 0 Å². The van der Waals surface area contributed by atoms with Crippen molar-refractivity contribution in [2.75, 3.05) is 0 Å². The van der Waals surface area contributed by atoms with Gasteiger partial charge >= 0.3 is 0 Å². The molecule has 0 aliphatic heterocycles. The van der Waals surface area contributed by atoms with Gasteiger partial charge in [0, 0.05) is 6.42 Å². The van der Waals surface area contributed by atoms with E-state index < -0.39 is 31.4 Å². The van der Waals surface area contributed by atoms with Gasteiger partial charge in [0.15, 0.2) is 6.17 Å². The van der Waals surface area contributed by atoms with E-state index in [1.807, 2.05) is 0 Å². The van der Waals surface area contributed by atoms with Crippen molar-refractivity contribution in [3.05, 3.63) is 12.7 Å². The van der Waals surface area contributed by atoms with Crippen LogP contribution in [0.2, 0.25) is 0 Å². The monoisotopic (exact) mass is 188 g/mol. The highest BCUT2D eigenvalue weighted by Crippen LogP contribution is 2.30. The smallest absolute Gasteiger partial charge is 0.241 e. The number of allylic oxidation sites excluding steroid dienone is 1. The van der Waals surface area contributed by atoms with Crippen LogP contribution in [0.3, 0.4) is 0 Å². The summed E-state index contributed by atoms with van der Waals surface area (Å²) in [5.74, 6) is -3.96. The van der Waals surface area contributed by atoms with Gasteiger partial charge in [-0.05, 0) is 0 Å². The Bertz CT molecular complexity index is 143. The standard InChI is InChI=1S/C7H9F5/c1-2-3-5(8)7(11,12)4-6(9)10/h2,5-6H,1,3-4H2. The van der Waals surface area contributed by atoms with Crippen LogP contribution in [0.1, 0.15) is 12.8 Å². The molecular formula is C7H9F5. The summed E-state index contributed by atoms with van der Waals surface area (Å²) < 4.78 is 60.0. The predicted molar refractivity (Wildman–Crippen MR) is 35.3 cm³/mol. The molecule has 0 spiro atoms.